The lowest BCUT2D eigenvalue weighted by molar-refractivity contribution is 0.276. The van der Waals surface area contributed by atoms with E-state index in [0.29, 0.717) is 5.92 Å². The zero-order chi connectivity index (χ0) is 12.7. The SMILES string of the molecule is CCC1C2CN(Cc3ccc(C(C)C)cc3)CC12. The molecule has 1 heteroatoms. The monoisotopic (exact) mass is 243 g/mol. The van der Waals surface area contributed by atoms with Crippen molar-refractivity contribution in [2.75, 3.05) is 13.1 Å². The third-order valence-corrected chi connectivity index (χ3v) is 4.97. The Morgan fingerprint density at radius 2 is 1.72 bits per heavy atom. The second-order valence-corrected chi connectivity index (χ2v) is 6.49. The first-order valence-electron chi connectivity index (χ1n) is 7.50. The molecule has 0 aromatic heterocycles. The predicted octanol–water partition coefficient (Wildman–Crippen LogP) is 3.90. The summed E-state index contributed by atoms with van der Waals surface area (Å²) >= 11 is 0. The Bertz CT molecular complexity index is 394. The van der Waals surface area contributed by atoms with Gasteiger partial charge in [-0.2, -0.15) is 0 Å². The van der Waals surface area contributed by atoms with Gasteiger partial charge in [-0.25, -0.2) is 0 Å². The van der Waals surface area contributed by atoms with Gasteiger partial charge >= 0.3 is 0 Å². The maximum atomic E-state index is 2.64. The van der Waals surface area contributed by atoms with Crippen LogP contribution in [-0.2, 0) is 6.54 Å². The first-order valence-corrected chi connectivity index (χ1v) is 7.50. The summed E-state index contributed by atoms with van der Waals surface area (Å²) in [6.07, 6.45) is 1.40. The summed E-state index contributed by atoms with van der Waals surface area (Å²) in [5, 5.41) is 0. The van der Waals surface area contributed by atoms with E-state index in [1.165, 1.54) is 30.6 Å². The largest absolute Gasteiger partial charge is 0.298 e. The number of piperidine rings is 1. The molecule has 1 heterocycles. The van der Waals surface area contributed by atoms with Gasteiger partial charge in [0.1, 0.15) is 0 Å². The van der Waals surface area contributed by atoms with Crippen molar-refractivity contribution in [3.8, 4) is 0 Å². The van der Waals surface area contributed by atoms with Crippen molar-refractivity contribution in [3.05, 3.63) is 35.4 Å². The zero-order valence-corrected chi connectivity index (χ0v) is 11.9. The van der Waals surface area contributed by atoms with Crippen molar-refractivity contribution < 1.29 is 0 Å². The number of likely N-dealkylation sites (tertiary alicyclic amines) is 1. The third-order valence-electron chi connectivity index (χ3n) is 4.97. The lowest BCUT2D eigenvalue weighted by atomic mass is 10.0. The van der Waals surface area contributed by atoms with Crippen LogP contribution in [0.3, 0.4) is 0 Å². The average molecular weight is 243 g/mol. The van der Waals surface area contributed by atoms with E-state index in [2.05, 4.69) is 49.9 Å². The van der Waals surface area contributed by atoms with Crippen LogP contribution in [0, 0.1) is 17.8 Å². The molecule has 0 radical (unpaired) electrons. The Labute approximate surface area is 111 Å². The minimum absolute atomic E-state index is 0.642. The predicted molar refractivity (Wildman–Crippen MR) is 76.6 cm³/mol. The van der Waals surface area contributed by atoms with E-state index in [4.69, 9.17) is 0 Å². The Morgan fingerprint density at radius 1 is 1.11 bits per heavy atom. The van der Waals surface area contributed by atoms with E-state index in [0.717, 1.165) is 24.3 Å². The molecule has 1 aromatic carbocycles. The van der Waals surface area contributed by atoms with Crippen LogP contribution >= 0.6 is 0 Å². The second kappa shape index (κ2) is 4.70. The molecule has 0 bridgehead atoms. The van der Waals surface area contributed by atoms with Crippen LogP contribution in [-0.4, -0.2) is 18.0 Å². The van der Waals surface area contributed by atoms with E-state index in [1.807, 2.05) is 0 Å². The van der Waals surface area contributed by atoms with E-state index in [-0.39, 0.29) is 0 Å². The van der Waals surface area contributed by atoms with Crippen molar-refractivity contribution in [2.24, 2.45) is 17.8 Å². The number of nitrogens with zero attached hydrogens (tertiary/aromatic N) is 1. The highest BCUT2D eigenvalue weighted by molar-refractivity contribution is 5.25. The number of hydrogen-bond acceptors (Lipinski definition) is 1. The number of rotatable bonds is 4. The quantitative estimate of drug-likeness (QED) is 0.775. The fourth-order valence-corrected chi connectivity index (χ4v) is 3.74. The molecule has 18 heavy (non-hydrogen) atoms. The van der Waals surface area contributed by atoms with Gasteiger partial charge in [0.05, 0.1) is 0 Å². The molecule has 0 amide bonds. The summed E-state index contributed by atoms with van der Waals surface area (Å²) in [5.41, 5.74) is 2.93. The lowest BCUT2D eigenvalue weighted by Crippen LogP contribution is -2.23. The van der Waals surface area contributed by atoms with Crippen molar-refractivity contribution >= 4 is 0 Å². The zero-order valence-electron chi connectivity index (χ0n) is 11.9. The first kappa shape index (κ1) is 12.2. The van der Waals surface area contributed by atoms with Crippen LogP contribution in [0.2, 0.25) is 0 Å². The number of fused-ring (bicyclic) bond motifs is 1. The standard InChI is InChI=1S/C17H25N/c1-4-15-16-10-18(11-17(15)16)9-13-5-7-14(8-6-13)12(2)3/h5-8,12,15-17H,4,9-11H2,1-3H3. The molecule has 0 N–H and O–H groups in total. The molecule has 1 nitrogen and oxygen atoms in total. The first-order chi connectivity index (χ1) is 8.69. The summed E-state index contributed by atoms with van der Waals surface area (Å²) < 4.78 is 0. The maximum Gasteiger partial charge on any atom is 0.0233 e. The molecule has 1 aliphatic carbocycles. The number of benzene rings is 1. The average Bonchev–Trinajstić information content (AvgIpc) is 2.84. The smallest absolute Gasteiger partial charge is 0.0233 e. The molecule has 1 aliphatic heterocycles. The highest BCUT2D eigenvalue weighted by Crippen LogP contribution is 2.53. The third kappa shape index (κ3) is 2.21. The van der Waals surface area contributed by atoms with E-state index < -0.39 is 0 Å². The molecule has 3 rings (SSSR count). The van der Waals surface area contributed by atoms with Crippen molar-refractivity contribution in [3.63, 3.8) is 0 Å². The van der Waals surface area contributed by atoms with Gasteiger partial charge < -0.3 is 0 Å². The van der Waals surface area contributed by atoms with Crippen molar-refractivity contribution in [1.29, 1.82) is 0 Å². The molecule has 2 fully saturated rings. The highest BCUT2D eigenvalue weighted by atomic mass is 15.2. The highest BCUT2D eigenvalue weighted by Gasteiger charge is 2.53. The topological polar surface area (TPSA) is 3.24 Å². The number of hydrogen-bond donors (Lipinski definition) is 0. The van der Waals surface area contributed by atoms with Gasteiger partial charge in [0.2, 0.25) is 0 Å². The van der Waals surface area contributed by atoms with E-state index in [1.54, 1.807) is 0 Å². The molecular weight excluding hydrogens is 218 g/mol. The molecule has 2 unspecified atom stereocenters. The van der Waals surface area contributed by atoms with E-state index >= 15 is 0 Å². The normalized spacial score (nSPS) is 30.8. The van der Waals surface area contributed by atoms with Gasteiger partial charge in [-0.1, -0.05) is 51.5 Å². The Hall–Kier alpha value is -0.820. The van der Waals surface area contributed by atoms with Crippen LogP contribution in [0.15, 0.2) is 24.3 Å². The fraction of sp³-hybridized carbons (Fsp3) is 0.647. The van der Waals surface area contributed by atoms with Crippen LogP contribution in [0.4, 0.5) is 0 Å². The molecule has 2 atom stereocenters. The summed E-state index contributed by atoms with van der Waals surface area (Å²) in [5.74, 6) is 3.77. The summed E-state index contributed by atoms with van der Waals surface area (Å²) in [6.45, 7) is 10.7. The summed E-state index contributed by atoms with van der Waals surface area (Å²) in [4.78, 5) is 2.64. The summed E-state index contributed by atoms with van der Waals surface area (Å²) in [6, 6.07) is 9.23. The van der Waals surface area contributed by atoms with Gasteiger partial charge in [0.15, 0.2) is 0 Å². The van der Waals surface area contributed by atoms with Crippen LogP contribution < -0.4 is 0 Å². The summed E-state index contributed by atoms with van der Waals surface area (Å²) in [7, 11) is 0. The molecule has 0 spiro atoms. The fourth-order valence-electron chi connectivity index (χ4n) is 3.74. The van der Waals surface area contributed by atoms with Crippen LogP contribution in [0.1, 0.15) is 44.2 Å². The van der Waals surface area contributed by atoms with Gasteiger partial charge in [0.25, 0.3) is 0 Å². The maximum absolute atomic E-state index is 2.64. The van der Waals surface area contributed by atoms with E-state index in [9.17, 15) is 0 Å². The van der Waals surface area contributed by atoms with Crippen molar-refractivity contribution in [2.45, 2.75) is 39.7 Å². The lowest BCUT2D eigenvalue weighted by Gasteiger charge is -2.19. The molecule has 1 saturated carbocycles. The van der Waals surface area contributed by atoms with Gasteiger partial charge in [-0.05, 0) is 34.8 Å². The minimum atomic E-state index is 0.642. The minimum Gasteiger partial charge on any atom is -0.298 e. The van der Waals surface area contributed by atoms with Crippen molar-refractivity contribution in [1.82, 2.24) is 4.90 Å². The van der Waals surface area contributed by atoms with Gasteiger partial charge in [-0.3, -0.25) is 4.90 Å². The Morgan fingerprint density at radius 3 is 2.22 bits per heavy atom. The Balaban J connectivity index is 1.55. The second-order valence-electron chi connectivity index (χ2n) is 6.49. The van der Waals surface area contributed by atoms with Gasteiger partial charge in [-0.15, -0.1) is 0 Å². The molecule has 2 aliphatic rings. The van der Waals surface area contributed by atoms with Crippen LogP contribution in [0.5, 0.6) is 0 Å². The molecule has 1 saturated heterocycles. The Kier molecular flexibility index (Phi) is 3.19. The van der Waals surface area contributed by atoms with Gasteiger partial charge in [0, 0.05) is 19.6 Å². The molecule has 1 aromatic rings. The molecular formula is C17H25N. The van der Waals surface area contributed by atoms with Crippen LogP contribution in [0.25, 0.3) is 0 Å². The molecule has 98 valence electrons.